The average Bonchev–Trinajstić information content (AvgIpc) is 2.98. The fourth-order valence-electron chi connectivity index (χ4n) is 3.66. The molecule has 1 heterocycles. The van der Waals surface area contributed by atoms with Crippen LogP contribution in [0.1, 0.15) is 46.5 Å². The van der Waals surface area contributed by atoms with Crippen LogP contribution in [0.2, 0.25) is 5.02 Å². The molecule has 0 spiro atoms. The first-order valence-corrected chi connectivity index (χ1v) is 9.66. The molecule has 0 N–H and O–H groups in total. The summed E-state index contributed by atoms with van der Waals surface area (Å²) in [6.07, 6.45) is 0.0840. The number of rotatable bonds is 4. The van der Waals surface area contributed by atoms with Crippen LogP contribution in [-0.2, 0) is 10.3 Å². The largest absolute Gasteiger partial charge is 0.491 e. The number of esters is 1. The number of aryl methyl sites for hydroxylation is 1. The quantitative estimate of drug-likeness (QED) is 0.518. The van der Waals surface area contributed by atoms with E-state index in [0.29, 0.717) is 10.6 Å². The highest BCUT2D eigenvalue weighted by molar-refractivity contribution is 6.31. The molecule has 4 rings (SSSR count). The number of fused-ring (bicyclic) bond motifs is 1. The van der Waals surface area contributed by atoms with Crippen molar-refractivity contribution < 1.29 is 14.3 Å². The van der Waals surface area contributed by atoms with Crippen LogP contribution in [0.25, 0.3) is 0 Å². The van der Waals surface area contributed by atoms with Gasteiger partial charge in [-0.25, -0.2) is 4.79 Å². The smallest absolute Gasteiger partial charge is 0.340 e. The standard InChI is InChI=1S/C24H21ClO3/c1-15(2)27-19-12-10-17(11-13-19)24(18-9-8-16(3)22(25)14-18)21-7-5-4-6-20(21)23(26)28-24/h4-15H,1-3H3. The molecule has 0 bridgehead atoms. The van der Waals surface area contributed by atoms with Crippen molar-refractivity contribution in [2.24, 2.45) is 0 Å². The van der Waals surface area contributed by atoms with E-state index in [4.69, 9.17) is 21.1 Å². The lowest BCUT2D eigenvalue weighted by atomic mass is 9.79. The van der Waals surface area contributed by atoms with Crippen molar-refractivity contribution in [2.75, 3.05) is 0 Å². The van der Waals surface area contributed by atoms with Gasteiger partial charge in [-0.05, 0) is 50.6 Å². The molecule has 3 aromatic carbocycles. The second-order valence-electron chi connectivity index (χ2n) is 7.27. The van der Waals surface area contributed by atoms with E-state index in [0.717, 1.165) is 28.0 Å². The molecule has 3 nitrogen and oxygen atoms in total. The monoisotopic (exact) mass is 392 g/mol. The van der Waals surface area contributed by atoms with E-state index in [1.807, 2.05) is 81.4 Å². The summed E-state index contributed by atoms with van der Waals surface area (Å²) < 4.78 is 11.8. The molecule has 0 aromatic heterocycles. The molecule has 0 radical (unpaired) electrons. The molecule has 28 heavy (non-hydrogen) atoms. The fraction of sp³-hybridized carbons (Fsp3) is 0.208. The number of cyclic esters (lactones) is 1. The highest BCUT2D eigenvalue weighted by Gasteiger charge is 2.48. The predicted octanol–water partition coefficient (Wildman–Crippen LogP) is 5.90. The Morgan fingerprint density at radius 2 is 1.64 bits per heavy atom. The van der Waals surface area contributed by atoms with Crippen LogP contribution < -0.4 is 4.74 Å². The molecule has 1 aliphatic heterocycles. The minimum Gasteiger partial charge on any atom is -0.491 e. The van der Waals surface area contributed by atoms with Crippen molar-refractivity contribution in [3.63, 3.8) is 0 Å². The van der Waals surface area contributed by atoms with Crippen LogP contribution in [-0.4, -0.2) is 12.1 Å². The van der Waals surface area contributed by atoms with Gasteiger partial charge in [-0.2, -0.15) is 0 Å². The lowest BCUT2D eigenvalue weighted by Crippen LogP contribution is -2.29. The Balaban J connectivity index is 1.93. The third kappa shape index (κ3) is 2.96. The Labute approximate surface area is 169 Å². The Hall–Kier alpha value is -2.78. The van der Waals surface area contributed by atoms with E-state index in [-0.39, 0.29) is 12.1 Å². The second-order valence-corrected chi connectivity index (χ2v) is 7.68. The van der Waals surface area contributed by atoms with E-state index >= 15 is 0 Å². The summed E-state index contributed by atoms with van der Waals surface area (Å²) in [7, 11) is 0. The molecule has 0 fully saturated rings. The molecule has 142 valence electrons. The molecule has 1 unspecified atom stereocenters. The molecule has 1 aliphatic rings. The normalized spacial score (nSPS) is 18.1. The van der Waals surface area contributed by atoms with Crippen LogP contribution in [0.15, 0.2) is 66.7 Å². The Morgan fingerprint density at radius 3 is 2.32 bits per heavy atom. The summed E-state index contributed by atoms with van der Waals surface area (Å²) >= 11 is 6.43. The minimum atomic E-state index is -1.04. The van der Waals surface area contributed by atoms with Crippen molar-refractivity contribution in [1.82, 2.24) is 0 Å². The summed E-state index contributed by atoms with van der Waals surface area (Å²) in [5.74, 6) is 0.434. The highest BCUT2D eigenvalue weighted by atomic mass is 35.5. The number of carbonyl (C=O) groups excluding carboxylic acids is 1. The first-order valence-electron chi connectivity index (χ1n) is 9.28. The zero-order chi connectivity index (χ0) is 19.9. The molecule has 3 aromatic rings. The van der Waals surface area contributed by atoms with E-state index < -0.39 is 5.60 Å². The van der Waals surface area contributed by atoms with E-state index in [9.17, 15) is 4.79 Å². The molecule has 4 heteroatoms. The molecule has 1 atom stereocenters. The summed E-state index contributed by atoms with van der Waals surface area (Å²) in [6, 6.07) is 21.0. The number of benzene rings is 3. The lowest BCUT2D eigenvalue weighted by molar-refractivity contribution is 0.0251. The van der Waals surface area contributed by atoms with Crippen molar-refractivity contribution in [3.8, 4) is 5.75 Å². The van der Waals surface area contributed by atoms with Gasteiger partial charge in [-0.15, -0.1) is 0 Å². The Morgan fingerprint density at radius 1 is 0.964 bits per heavy atom. The lowest BCUT2D eigenvalue weighted by Gasteiger charge is -2.30. The van der Waals surface area contributed by atoms with Crippen LogP contribution >= 0.6 is 11.6 Å². The molecule has 0 saturated heterocycles. The van der Waals surface area contributed by atoms with Gasteiger partial charge in [0.2, 0.25) is 0 Å². The summed E-state index contributed by atoms with van der Waals surface area (Å²) in [6.45, 7) is 5.92. The second kappa shape index (κ2) is 6.99. The third-order valence-corrected chi connectivity index (χ3v) is 5.39. The number of hydrogen-bond donors (Lipinski definition) is 0. The molecule has 0 aliphatic carbocycles. The Kier molecular flexibility index (Phi) is 4.64. The van der Waals surface area contributed by atoms with Gasteiger partial charge in [0, 0.05) is 21.7 Å². The van der Waals surface area contributed by atoms with E-state index in [1.165, 1.54) is 0 Å². The van der Waals surface area contributed by atoms with Crippen LogP contribution in [0, 0.1) is 6.92 Å². The van der Waals surface area contributed by atoms with Gasteiger partial charge >= 0.3 is 5.97 Å². The van der Waals surface area contributed by atoms with Crippen LogP contribution in [0.5, 0.6) is 5.75 Å². The average molecular weight is 393 g/mol. The van der Waals surface area contributed by atoms with E-state index in [2.05, 4.69) is 0 Å². The van der Waals surface area contributed by atoms with Crippen molar-refractivity contribution >= 4 is 17.6 Å². The SMILES string of the molecule is Cc1ccc(C2(c3ccc(OC(C)C)cc3)OC(=O)c3ccccc32)cc1Cl. The summed E-state index contributed by atoms with van der Waals surface area (Å²) in [5, 5.41) is 0.636. The van der Waals surface area contributed by atoms with Crippen molar-refractivity contribution in [3.05, 3.63) is 99.6 Å². The van der Waals surface area contributed by atoms with Crippen molar-refractivity contribution in [1.29, 1.82) is 0 Å². The van der Waals surface area contributed by atoms with Gasteiger partial charge in [-0.1, -0.05) is 54.1 Å². The minimum absolute atomic E-state index is 0.0840. The van der Waals surface area contributed by atoms with Gasteiger partial charge in [0.1, 0.15) is 5.75 Å². The topological polar surface area (TPSA) is 35.5 Å². The predicted molar refractivity (Wildman–Crippen MR) is 110 cm³/mol. The first kappa shape index (κ1) is 18.6. The van der Waals surface area contributed by atoms with Crippen molar-refractivity contribution in [2.45, 2.75) is 32.5 Å². The number of carbonyl (C=O) groups is 1. The zero-order valence-electron chi connectivity index (χ0n) is 16.0. The van der Waals surface area contributed by atoms with E-state index in [1.54, 1.807) is 6.07 Å². The number of ether oxygens (including phenoxy) is 2. The zero-order valence-corrected chi connectivity index (χ0v) is 16.8. The van der Waals surface area contributed by atoms with Crippen LogP contribution in [0.4, 0.5) is 0 Å². The Bertz CT molecular complexity index is 1040. The number of hydrogen-bond acceptors (Lipinski definition) is 3. The highest BCUT2D eigenvalue weighted by Crippen LogP contribution is 2.47. The van der Waals surface area contributed by atoms with Gasteiger partial charge in [-0.3, -0.25) is 0 Å². The van der Waals surface area contributed by atoms with Gasteiger partial charge < -0.3 is 9.47 Å². The first-order chi connectivity index (χ1) is 13.4. The number of halogens is 1. The third-order valence-electron chi connectivity index (χ3n) is 4.98. The van der Waals surface area contributed by atoms with Gasteiger partial charge in [0.05, 0.1) is 11.7 Å². The summed E-state index contributed by atoms with van der Waals surface area (Å²) in [5.41, 5.74) is 2.99. The maximum atomic E-state index is 12.7. The molecular formula is C24H21ClO3. The summed E-state index contributed by atoms with van der Waals surface area (Å²) in [4.78, 5) is 12.7. The fourth-order valence-corrected chi connectivity index (χ4v) is 3.85. The molecular weight excluding hydrogens is 372 g/mol. The van der Waals surface area contributed by atoms with Gasteiger partial charge in [0.25, 0.3) is 0 Å². The van der Waals surface area contributed by atoms with Crippen LogP contribution in [0.3, 0.4) is 0 Å². The maximum absolute atomic E-state index is 12.7. The molecule has 0 amide bonds. The molecule has 0 saturated carbocycles. The van der Waals surface area contributed by atoms with Gasteiger partial charge in [0.15, 0.2) is 5.60 Å². The maximum Gasteiger partial charge on any atom is 0.340 e.